The van der Waals surface area contributed by atoms with E-state index >= 15 is 0 Å². The van der Waals surface area contributed by atoms with E-state index in [9.17, 15) is 4.79 Å². The van der Waals surface area contributed by atoms with Crippen molar-refractivity contribution in [2.24, 2.45) is 0 Å². The van der Waals surface area contributed by atoms with Crippen molar-refractivity contribution in [3.63, 3.8) is 0 Å². The van der Waals surface area contributed by atoms with E-state index < -0.39 is 5.97 Å². The Kier molecular flexibility index (Phi) is 9.66. The fourth-order valence-electron chi connectivity index (χ4n) is 0.0833. The van der Waals surface area contributed by atoms with Crippen molar-refractivity contribution in [2.75, 3.05) is 7.11 Å². The van der Waals surface area contributed by atoms with Crippen molar-refractivity contribution in [3.8, 4) is 0 Å². The van der Waals surface area contributed by atoms with Crippen molar-refractivity contribution in [1.29, 1.82) is 0 Å². The Morgan fingerprint density at radius 3 is 2.29 bits per heavy atom. The van der Waals surface area contributed by atoms with Gasteiger partial charge in [-0.3, -0.25) is 0 Å². The van der Waals surface area contributed by atoms with Gasteiger partial charge in [0, 0.05) is 6.08 Å². The van der Waals surface area contributed by atoms with Gasteiger partial charge in [-0.05, 0) is 0 Å². The second kappa shape index (κ2) is 6.47. The molecule has 0 aromatic heterocycles. The topological polar surface area (TPSA) is 26.3 Å². The van der Waals surface area contributed by atoms with Crippen LogP contribution >= 0.6 is 0 Å². The average molecular weight is 128 g/mol. The van der Waals surface area contributed by atoms with Crippen molar-refractivity contribution >= 4 is 43.7 Å². The van der Waals surface area contributed by atoms with E-state index in [1.54, 1.807) is 0 Å². The van der Waals surface area contributed by atoms with Crippen molar-refractivity contribution < 1.29 is 9.53 Å². The summed E-state index contributed by atoms with van der Waals surface area (Å²) in [6.45, 7) is 3.16. The number of ether oxygens (including phenoxy) is 1. The number of carbonyl (C=O) groups is 1. The molecule has 0 heterocycles. The molecule has 3 heteroatoms. The molecule has 0 aliphatic rings. The van der Waals surface area contributed by atoms with Gasteiger partial charge in [0.1, 0.15) is 0 Å². The molecular formula is C4H8CaO2. The molecule has 0 N–H and O–H groups in total. The normalized spacial score (nSPS) is 5.86. The van der Waals surface area contributed by atoms with E-state index in [1.165, 1.54) is 7.11 Å². The summed E-state index contributed by atoms with van der Waals surface area (Å²) in [4.78, 5) is 9.84. The summed E-state index contributed by atoms with van der Waals surface area (Å²) in [5.41, 5.74) is 0. The van der Waals surface area contributed by atoms with Crippen LogP contribution in [-0.4, -0.2) is 50.8 Å². The van der Waals surface area contributed by atoms with E-state index in [-0.39, 0.29) is 37.7 Å². The maximum absolute atomic E-state index is 9.84. The zero-order valence-electron chi connectivity index (χ0n) is 3.60. The predicted molar refractivity (Wildman–Crippen MR) is 30.8 cm³/mol. The van der Waals surface area contributed by atoms with Gasteiger partial charge >= 0.3 is 43.7 Å². The third-order valence-electron chi connectivity index (χ3n) is 0.368. The molecule has 0 fully saturated rings. The van der Waals surface area contributed by atoms with E-state index in [0.717, 1.165) is 6.08 Å². The fourth-order valence-corrected chi connectivity index (χ4v) is 0.0833. The first-order valence-electron chi connectivity index (χ1n) is 1.51. The molecule has 0 aromatic carbocycles. The van der Waals surface area contributed by atoms with Crippen LogP contribution in [0.15, 0.2) is 12.7 Å². The summed E-state index contributed by atoms with van der Waals surface area (Å²) in [6.07, 6.45) is 1.11. The van der Waals surface area contributed by atoms with Crippen molar-refractivity contribution in [2.45, 2.75) is 0 Å². The Bertz CT molecular complexity index is 70.1. The van der Waals surface area contributed by atoms with E-state index in [0.29, 0.717) is 0 Å². The summed E-state index contributed by atoms with van der Waals surface area (Å²) in [7, 11) is 1.31. The van der Waals surface area contributed by atoms with Crippen LogP contribution in [-0.2, 0) is 9.53 Å². The van der Waals surface area contributed by atoms with Crippen LogP contribution in [0.4, 0.5) is 0 Å². The molecule has 7 heavy (non-hydrogen) atoms. The second-order valence-electron chi connectivity index (χ2n) is 0.727. The molecule has 0 unspecified atom stereocenters. The SMILES string of the molecule is C=CC(=O)OC.[CaH2]. The third-order valence-corrected chi connectivity index (χ3v) is 0.368. The predicted octanol–water partition coefficient (Wildman–Crippen LogP) is -0.571. The van der Waals surface area contributed by atoms with Crippen LogP contribution in [0.1, 0.15) is 0 Å². The van der Waals surface area contributed by atoms with E-state index in [4.69, 9.17) is 0 Å². The Labute approximate surface area is 72.5 Å². The van der Waals surface area contributed by atoms with E-state index in [2.05, 4.69) is 11.3 Å². The van der Waals surface area contributed by atoms with Gasteiger partial charge in [-0.15, -0.1) is 0 Å². The molecule has 0 aliphatic carbocycles. The molecule has 0 bridgehead atoms. The molecule has 0 aliphatic heterocycles. The second-order valence-corrected chi connectivity index (χ2v) is 0.727. The van der Waals surface area contributed by atoms with Crippen LogP contribution < -0.4 is 0 Å². The Balaban J connectivity index is 0. The first-order valence-corrected chi connectivity index (χ1v) is 1.51. The fraction of sp³-hybridized carbons (Fsp3) is 0.250. The van der Waals surface area contributed by atoms with Crippen LogP contribution in [0.25, 0.3) is 0 Å². The Morgan fingerprint density at radius 1 is 1.86 bits per heavy atom. The minimum absolute atomic E-state index is 0. The van der Waals surface area contributed by atoms with Gasteiger partial charge in [-0.1, -0.05) is 6.58 Å². The number of rotatable bonds is 1. The molecule has 0 amide bonds. The Hall–Kier alpha value is 0.470. The van der Waals surface area contributed by atoms with Crippen LogP contribution in [0.3, 0.4) is 0 Å². The maximum atomic E-state index is 9.84. The van der Waals surface area contributed by atoms with Crippen molar-refractivity contribution in [1.82, 2.24) is 0 Å². The molecule has 0 aromatic rings. The number of hydrogen-bond acceptors (Lipinski definition) is 2. The molecule has 0 spiro atoms. The third kappa shape index (κ3) is 6.47. The molecule has 0 rings (SSSR count). The molecule has 0 saturated heterocycles. The standard InChI is InChI=1S/C4H6O2.Ca.2H/c1-3-4(5)6-2;;;/h3H,1H2,2H3;;;. The number of esters is 1. The monoisotopic (exact) mass is 128 g/mol. The molecule has 38 valence electrons. The van der Waals surface area contributed by atoms with Gasteiger partial charge in [0.25, 0.3) is 0 Å². The average Bonchev–Trinajstić information content (AvgIpc) is 1.65. The first kappa shape index (κ1) is 10.5. The number of hydrogen-bond donors (Lipinski definition) is 0. The summed E-state index contributed by atoms with van der Waals surface area (Å²) < 4.78 is 4.14. The van der Waals surface area contributed by atoms with E-state index in [1.807, 2.05) is 0 Å². The first-order chi connectivity index (χ1) is 2.81. The molecule has 0 saturated carbocycles. The van der Waals surface area contributed by atoms with Gasteiger partial charge in [-0.25, -0.2) is 4.79 Å². The molecular weight excluding hydrogens is 120 g/mol. The summed E-state index contributed by atoms with van der Waals surface area (Å²) in [5, 5.41) is 0. The minimum atomic E-state index is -0.394. The molecule has 2 nitrogen and oxygen atoms in total. The molecule has 0 radical (unpaired) electrons. The Morgan fingerprint density at radius 2 is 2.29 bits per heavy atom. The van der Waals surface area contributed by atoms with Crippen molar-refractivity contribution in [3.05, 3.63) is 12.7 Å². The number of carbonyl (C=O) groups excluding carboxylic acids is 1. The summed E-state index contributed by atoms with van der Waals surface area (Å²) in [6, 6.07) is 0. The van der Waals surface area contributed by atoms with Crippen LogP contribution in [0.5, 0.6) is 0 Å². The molecule has 0 atom stereocenters. The van der Waals surface area contributed by atoms with Gasteiger partial charge in [-0.2, -0.15) is 0 Å². The zero-order chi connectivity index (χ0) is 4.99. The van der Waals surface area contributed by atoms with Gasteiger partial charge in [0.05, 0.1) is 7.11 Å². The zero-order valence-corrected chi connectivity index (χ0v) is 3.60. The van der Waals surface area contributed by atoms with Crippen LogP contribution in [0.2, 0.25) is 0 Å². The summed E-state index contributed by atoms with van der Waals surface area (Å²) >= 11 is 0. The number of methoxy groups -OCH3 is 1. The van der Waals surface area contributed by atoms with Gasteiger partial charge in [0.2, 0.25) is 0 Å². The van der Waals surface area contributed by atoms with Gasteiger partial charge in [0.15, 0.2) is 0 Å². The quantitative estimate of drug-likeness (QED) is 0.268. The summed E-state index contributed by atoms with van der Waals surface area (Å²) in [5.74, 6) is -0.394. The van der Waals surface area contributed by atoms with Crippen LogP contribution in [0, 0.1) is 0 Å². The van der Waals surface area contributed by atoms with Gasteiger partial charge < -0.3 is 4.74 Å².